The molecule has 2 fully saturated rings. The summed E-state index contributed by atoms with van der Waals surface area (Å²) in [5.74, 6) is -0.211. The van der Waals surface area contributed by atoms with Crippen molar-refractivity contribution in [2.45, 2.75) is 75.4 Å². The van der Waals surface area contributed by atoms with Gasteiger partial charge in [0.1, 0.15) is 12.4 Å². The molecule has 3 aromatic carbocycles. The lowest BCUT2D eigenvalue weighted by molar-refractivity contribution is -0.146. The fourth-order valence-electron chi connectivity index (χ4n) is 9.13. The summed E-state index contributed by atoms with van der Waals surface area (Å²) in [6.45, 7) is 8.30. The first-order chi connectivity index (χ1) is 27.0. The van der Waals surface area contributed by atoms with Crippen molar-refractivity contribution in [2.24, 2.45) is 5.92 Å². The number of aryl methyl sites for hydroxylation is 1. The molecule has 4 aromatic rings. The molecule has 0 saturated carbocycles. The number of hydrogen-bond donors (Lipinski definition) is 1. The Kier molecular flexibility index (Phi) is 11.3. The van der Waals surface area contributed by atoms with Crippen LogP contribution in [-0.2, 0) is 35.9 Å². The summed E-state index contributed by atoms with van der Waals surface area (Å²) in [5.41, 5.74) is 2.42. The molecule has 7 rings (SSSR count). The highest BCUT2D eigenvalue weighted by Crippen LogP contribution is 2.60. The van der Waals surface area contributed by atoms with Gasteiger partial charge >= 0.3 is 12.1 Å². The Balaban J connectivity index is 1.26. The van der Waals surface area contributed by atoms with Crippen LogP contribution < -0.4 is 19.7 Å². The number of nitrogens with zero attached hydrogens (tertiary/aromatic N) is 5. The monoisotopic (exact) mass is 781 g/mol. The first kappa shape index (κ1) is 39.2. The summed E-state index contributed by atoms with van der Waals surface area (Å²) in [7, 11) is 0.592. The quantitative estimate of drug-likeness (QED) is 0.0951. The van der Waals surface area contributed by atoms with Crippen LogP contribution in [0.3, 0.4) is 0 Å². The van der Waals surface area contributed by atoms with Gasteiger partial charge in [-0.05, 0) is 60.7 Å². The predicted molar refractivity (Wildman–Crippen MR) is 213 cm³/mol. The molecule has 3 aliphatic heterocycles. The van der Waals surface area contributed by atoms with Gasteiger partial charge in [0.15, 0.2) is 5.60 Å². The fourth-order valence-corrected chi connectivity index (χ4v) is 13.2. The van der Waals surface area contributed by atoms with Crippen molar-refractivity contribution in [3.05, 3.63) is 95.8 Å². The lowest BCUT2D eigenvalue weighted by Gasteiger charge is -2.37. The number of anilines is 2. The van der Waals surface area contributed by atoms with Crippen molar-refractivity contribution in [3.63, 3.8) is 0 Å². The third-order valence-electron chi connectivity index (χ3n) is 12.1. The minimum atomic E-state index is -2.44. The Bertz CT molecular complexity index is 2040. The molecule has 56 heavy (non-hydrogen) atoms. The molecule has 0 radical (unpaired) electrons. The number of esters is 1. The predicted octanol–water partition coefficient (Wildman–Crippen LogP) is 5.36. The number of hydrogen-bond acceptors (Lipinski definition) is 10. The number of aliphatic hydroxyl groups is 1. The number of carbonyl (C=O) groups is 3. The van der Waals surface area contributed by atoms with Crippen molar-refractivity contribution in [1.82, 2.24) is 15.0 Å². The molecule has 0 bridgehead atoms. The molecule has 1 aromatic heterocycles. The Morgan fingerprint density at radius 3 is 2.48 bits per heavy atom. The highest BCUT2D eigenvalue weighted by Gasteiger charge is 2.66. The number of unbranched alkanes of at least 4 members (excludes halogenated alkanes) is 1. The Morgan fingerprint density at radius 2 is 1.80 bits per heavy atom. The molecule has 296 valence electrons. The molecule has 0 aliphatic carbocycles. The van der Waals surface area contributed by atoms with Crippen LogP contribution in [-0.4, -0.2) is 92.8 Å². The first-order valence-corrected chi connectivity index (χ1v) is 22.5. The van der Waals surface area contributed by atoms with Crippen molar-refractivity contribution >= 4 is 42.6 Å². The topological polar surface area (TPSA) is 146 Å². The third kappa shape index (κ3) is 7.09. The lowest BCUT2D eigenvalue weighted by atomic mass is 9.82. The number of fused-ring (bicyclic) bond motifs is 2. The van der Waals surface area contributed by atoms with Gasteiger partial charge in [0.05, 0.1) is 58.8 Å². The van der Waals surface area contributed by atoms with Crippen LogP contribution in [0.1, 0.15) is 55.3 Å². The fraction of sp³-hybridized carbons (Fsp3) is 0.452. The highest BCUT2D eigenvalue weighted by atomic mass is 28.3. The van der Waals surface area contributed by atoms with Gasteiger partial charge < -0.3 is 29.0 Å². The molecule has 4 heterocycles. The average Bonchev–Trinajstić information content (AvgIpc) is 3.98. The first-order valence-electron chi connectivity index (χ1n) is 19.4. The van der Waals surface area contributed by atoms with E-state index in [1.54, 1.807) is 21.6 Å². The van der Waals surface area contributed by atoms with Crippen LogP contribution in [0.4, 0.5) is 16.2 Å². The molecule has 5 atom stereocenters. The number of ether oxygens (including phenoxy) is 4. The average molecular weight is 782 g/mol. The van der Waals surface area contributed by atoms with Crippen LogP contribution in [0.15, 0.2) is 79.0 Å². The van der Waals surface area contributed by atoms with E-state index in [9.17, 15) is 14.7 Å². The van der Waals surface area contributed by atoms with E-state index in [1.807, 2.05) is 66.9 Å². The molecular formula is C42H51N5O8Si. The summed E-state index contributed by atoms with van der Waals surface area (Å²) >= 11 is 0. The summed E-state index contributed by atoms with van der Waals surface area (Å²) in [6, 6.07) is 23.7. The minimum absolute atomic E-state index is 0.0233. The lowest BCUT2D eigenvalue weighted by Crippen LogP contribution is -2.52. The number of amides is 2. The van der Waals surface area contributed by atoms with Crippen LogP contribution in [0.5, 0.6) is 5.75 Å². The van der Waals surface area contributed by atoms with Crippen molar-refractivity contribution in [2.75, 3.05) is 50.3 Å². The van der Waals surface area contributed by atoms with Crippen molar-refractivity contribution < 1.29 is 38.4 Å². The third-order valence-corrected chi connectivity index (χ3v) is 16.4. The van der Waals surface area contributed by atoms with E-state index in [2.05, 4.69) is 42.5 Å². The Morgan fingerprint density at radius 1 is 1.04 bits per heavy atom. The zero-order chi connectivity index (χ0) is 39.6. The second-order valence-corrected chi connectivity index (χ2v) is 20.1. The molecule has 2 amide bonds. The second kappa shape index (κ2) is 16.2. The standard InChI is InChI=1S/C42H51N5O8Si/c1-28-39(56(4,5)32-17-15-31(52-2)16-18-32)37(20-22-45-26-35(43-44-45)33(27-48)29-11-7-6-8-12-29)55-42(28)34-25-30(46-23-24-54-41(46)51)14-19-36(34)47(40(42)50)21-10-9-13-38(49)53-3/h6-8,11-12,14-19,25-26,28,33,37,39,48H,9-10,13,20-24,27H2,1-5H3/t28-,33?,37+,39-,42+/m1/s1. The van der Waals surface area contributed by atoms with E-state index in [-0.39, 0.29) is 48.4 Å². The molecule has 1 spiro atoms. The number of aliphatic hydroxyl groups excluding tert-OH is 1. The highest BCUT2D eigenvalue weighted by molar-refractivity contribution is 6.91. The zero-order valence-electron chi connectivity index (χ0n) is 32.7. The van der Waals surface area contributed by atoms with E-state index in [0.717, 1.165) is 22.6 Å². The van der Waals surface area contributed by atoms with Crippen LogP contribution >= 0.6 is 0 Å². The minimum Gasteiger partial charge on any atom is -0.497 e. The maximum atomic E-state index is 15.2. The zero-order valence-corrected chi connectivity index (χ0v) is 33.7. The van der Waals surface area contributed by atoms with Gasteiger partial charge in [0.25, 0.3) is 5.91 Å². The van der Waals surface area contributed by atoms with Crippen molar-refractivity contribution in [1.29, 1.82) is 0 Å². The van der Waals surface area contributed by atoms with Crippen LogP contribution in [0, 0.1) is 5.92 Å². The molecule has 14 heteroatoms. The molecule has 1 unspecified atom stereocenters. The number of cyclic esters (lactones) is 1. The SMILES string of the molecule is COC(=O)CCCCN1C(=O)[C@@]2(O[C@@H](CCn3cc(C(CO)c4ccccc4)nn3)[C@H]([Si](C)(C)c3ccc(OC)cc3)[C@H]2C)c2cc(N3CCOC3=O)ccc21. The van der Waals surface area contributed by atoms with Crippen LogP contribution in [0.25, 0.3) is 0 Å². The summed E-state index contributed by atoms with van der Waals surface area (Å²) in [6.07, 6.45) is 3.10. The smallest absolute Gasteiger partial charge is 0.414 e. The number of rotatable bonds is 15. The number of carbonyl (C=O) groups excluding carboxylic acids is 3. The van der Waals surface area contributed by atoms with E-state index in [1.165, 1.54) is 12.3 Å². The summed E-state index contributed by atoms with van der Waals surface area (Å²) in [5, 5.41) is 20.5. The van der Waals surface area contributed by atoms with E-state index in [0.29, 0.717) is 56.9 Å². The van der Waals surface area contributed by atoms with Gasteiger partial charge in [-0.25, -0.2) is 4.79 Å². The molecule has 3 aliphatic rings. The van der Waals surface area contributed by atoms with Crippen molar-refractivity contribution in [3.8, 4) is 5.75 Å². The summed E-state index contributed by atoms with van der Waals surface area (Å²) < 4.78 is 24.8. The maximum absolute atomic E-state index is 15.2. The Labute approximate surface area is 328 Å². The van der Waals surface area contributed by atoms with E-state index >= 15 is 4.79 Å². The number of methoxy groups -OCH3 is 2. The Hall–Kier alpha value is -5.05. The molecule has 1 N–H and O–H groups in total. The van der Waals surface area contributed by atoms with Gasteiger partial charge in [-0.15, -0.1) is 5.10 Å². The maximum Gasteiger partial charge on any atom is 0.414 e. The van der Waals surface area contributed by atoms with E-state index in [4.69, 9.17) is 18.9 Å². The van der Waals surface area contributed by atoms with Gasteiger partial charge in [-0.2, -0.15) is 0 Å². The second-order valence-electron chi connectivity index (χ2n) is 15.5. The molecule has 2 saturated heterocycles. The number of aromatic nitrogens is 3. The largest absolute Gasteiger partial charge is 0.497 e. The molecule has 13 nitrogen and oxygen atoms in total. The van der Waals surface area contributed by atoms with Crippen LogP contribution in [0.2, 0.25) is 18.6 Å². The summed E-state index contributed by atoms with van der Waals surface area (Å²) in [4.78, 5) is 43.3. The van der Waals surface area contributed by atoms with E-state index < -0.39 is 19.8 Å². The van der Waals surface area contributed by atoms with Gasteiger partial charge in [0.2, 0.25) is 0 Å². The van der Waals surface area contributed by atoms with Gasteiger partial charge in [-0.3, -0.25) is 19.2 Å². The number of benzene rings is 3. The van der Waals surface area contributed by atoms with Gasteiger partial charge in [0, 0.05) is 42.9 Å². The molecular weight excluding hydrogens is 731 g/mol. The van der Waals surface area contributed by atoms with Gasteiger partial charge in [-0.1, -0.05) is 72.9 Å². The normalized spacial score (nSPS) is 22.4.